The minimum atomic E-state index is -3.92. The van der Waals surface area contributed by atoms with E-state index in [1.807, 2.05) is 0 Å². The summed E-state index contributed by atoms with van der Waals surface area (Å²) in [5, 5.41) is 14.3. The first-order valence-electron chi connectivity index (χ1n) is 5.22. The molecular formula is C10H10N4O4S2. The van der Waals surface area contributed by atoms with Gasteiger partial charge >= 0.3 is 0 Å². The Morgan fingerprint density at radius 1 is 1.40 bits per heavy atom. The number of carbonyl (C=O) groups excluding carboxylic acids is 1. The van der Waals surface area contributed by atoms with Crippen molar-refractivity contribution in [3.05, 3.63) is 29.8 Å². The molecule has 0 saturated heterocycles. The topological polar surface area (TPSA) is 124 Å². The SMILES string of the molecule is COc1cccc(C(=O)Nc2nnc(S(N)(=O)=O)s2)c1. The van der Waals surface area contributed by atoms with Crippen LogP contribution in [0.15, 0.2) is 28.6 Å². The van der Waals surface area contributed by atoms with Crippen molar-refractivity contribution in [2.24, 2.45) is 5.14 Å². The van der Waals surface area contributed by atoms with E-state index in [2.05, 4.69) is 15.5 Å². The molecule has 0 aliphatic heterocycles. The van der Waals surface area contributed by atoms with E-state index in [0.29, 0.717) is 22.6 Å². The van der Waals surface area contributed by atoms with Crippen LogP contribution < -0.4 is 15.2 Å². The molecule has 0 unspecified atom stereocenters. The molecule has 2 rings (SSSR count). The average Bonchev–Trinajstić information content (AvgIpc) is 2.87. The summed E-state index contributed by atoms with van der Waals surface area (Å²) < 4.78 is 26.7. The number of ether oxygens (including phenoxy) is 1. The van der Waals surface area contributed by atoms with Crippen LogP contribution in [0.4, 0.5) is 5.13 Å². The van der Waals surface area contributed by atoms with Gasteiger partial charge in [-0.2, -0.15) is 0 Å². The number of nitrogens with one attached hydrogen (secondary N) is 1. The van der Waals surface area contributed by atoms with Crippen molar-refractivity contribution in [2.45, 2.75) is 4.34 Å². The van der Waals surface area contributed by atoms with Crippen molar-refractivity contribution in [2.75, 3.05) is 12.4 Å². The first-order chi connectivity index (χ1) is 9.40. The monoisotopic (exact) mass is 314 g/mol. The number of sulfonamides is 1. The molecule has 0 spiro atoms. The normalized spacial score (nSPS) is 11.1. The fourth-order valence-electron chi connectivity index (χ4n) is 1.31. The number of anilines is 1. The molecule has 0 saturated carbocycles. The lowest BCUT2D eigenvalue weighted by Crippen LogP contribution is -2.11. The standard InChI is InChI=1S/C10H10N4O4S2/c1-18-7-4-2-3-6(5-7)8(15)12-9-13-14-10(19-9)20(11,16)17/h2-5H,1H3,(H2,11,16,17)(H,12,13,15). The third-order valence-corrected chi connectivity index (χ3v) is 4.35. The molecule has 2 aromatic rings. The maximum absolute atomic E-state index is 11.9. The van der Waals surface area contributed by atoms with Crippen molar-refractivity contribution >= 4 is 32.4 Å². The van der Waals surface area contributed by atoms with Crippen molar-refractivity contribution in [1.82, 2.24) is 10.2 Å². The summed E-state index contributed by atoms with van der Waals surface area (Å²) in [5.74, 6) is 0.0705. The summed E-state index contributed by atoms with van der Waals surface area (Å²) >= 11 is 0.674. The van der Waals surface area contributed by atoms with Crippen LogP contribution in [-0.2, 0) is 10.0 Å². The van der Waals surface area contributed by atoms with Gasteiger partial charge < -0.3 is 4.74 Å². The Hall–Kier alpha value is -2.04. The molecule has 0 aliphatic carbocycles. The van der Waals surface area contributed by atoms with Gasteiger partial charge in [-0.1, -0.05) is 17.4 Å². The molecule has 10 heteroatoms. The van der Waals surface area contributed by atoms with Crippen molar-refractivity contribution in [3.63, 3.8) is 0 Å². The van der Waals surface area contributed by atoms with Crippen LogP contribution in [0.3, 0.4) is 0 Å². The number of nitrogens with zero attached hydrogens (tertiary/aromatic N) is 2. The second kappa shape index (κ2) is 5.53. The third-order valence-electron chi connectivity index (χ3n) is 2.20. The quantitative estimate of drug-likeness (QED) is 0.789. The zero-order valence-corrected chi connectivity index (χ0v) is 11.9. The lowest BCUT2D eigenvalue weighted by atomic mass is 10.2. The highest BCUT2D eigenvalue weighted by Crippen LogP contribution is 2.20. The second-order valence-corrected chi connectivity index (χ2v) is 6.32. The van der Waals surface area contributed by atoms with Gasteiger partial charge in [-0.05, 0) is 18.2 Å². The summed E-state index contributed by atoms with van der Waals surface area (Å²) in [6, 6.07) is 6.47. The Labute approximate surface area is 118 Å². The van der Waals surface area contributed by atoms with Gasteiger partial charge in [0.15, 0.2) is 0 Å². The van der Waals surface area contributed by atoms with Gasteiger partial charge in [-0.3, -0.25) is 10.1 Å². The van der Waals surface area contributed by atoms with Crippen LogP contribution in [0.25, 0.3) is 0 Å². The highest BCUT2D eigenvalue weighted by Gasteiger charge is 2.17. The van der Waals surface area contributed by atoms with Crippen molar-refractivity contribution in [1.29, 1.82) is 0 Å². The summed E-state index contributed by atoms with van der Waals surface area (Å²) in [6.45, 7) is 0. The molecule has 1 aromatic carbocycles. The lowest BCUT2D eigenvalue weighted by Gasteiger charge is -2.03. The molecule has 1 amide bonds. The fraction of sp³-hybridized carbons (Fsp3) is 0.100. The summed E-state index contributed by atoms with van der Waals surface area (Å²) in [4.78, 5) is 11.9. The zero-order chi connectivity index (χ0) is 14.8. The molecule has 0 fully saturated rings. The van der Waals surface area contributed by atoms with Crippen molar-refractivity contribution in [3.8, 4) is 5.75 Å². The number of rotatable bonds is 4. The first-order valence-corrected chi connectivity index (χ1v) is 7.58. The smallest absolute Gasteiger partial charge is 0.267 e. The van der Waals surface area contributed by atoms with Crippen LogP contribution in [0.5, 0.6) is 5.75 Å². The Kier molecular flexibility index (Phi) is 3.97. The van der Waals surface area contributed by atoms with Crippen LogP contribution in [-0.4, -0.2) is 31.6 Å². The number of methoxy groups -OCH3 is 1. The van der Waals surface area contributed by atoms with Gasteiger partial charge in [0, 0.05) is 5.56 Å². The number of nitrogens with two attached hydrogens (primary N) is 1. The number of benzene rings is 1. The highest BCUT2D eigenvalue weighted by atomic mass is 32.2. The number of aromatic nitrogens is 2. The molecule has 0 radical (unpaired) electrons. The van der Waals surface area contributed by atoms with Gasteiger partial charge in [0.05, 0.1) is 7.11 Å². The minimum absolute atomic E-state index is 0.0434. The van der Waals surface area contributed by atoms with E-state index in [1.54, 1.807) is 18.2 Å². The van der Waals surface area contributed by atoms with Gasteiger partial charge in [0.2, 0.25) is 9.47 Å². The summed E-state index contributed by atoms with van der Waals surface area (Å²) in [6.07, 6.45) is 0. The maximum Gasteiger partial charge on any atom is 0.267 e. The molecule has 1 heterocycles. The molecule has 0 aliphatic rings. The Morgan fingerprint density at radius 3 is 2.75 bits per heavy atom. The summed E-state index contributed by atoms with van der Waals surface area (Å²) in [5.41, 5.74) is 0.344. The molecule has 106 valence electrons. The number of amides is 1. The van der Waals surface area contributed by atoms with Gasteiger partial charge in [-0.25, -0.2) is 13.6 Å². The largest absolute Gasteiger partial charge is 0.497 e. The van der Waals surface area contributed by atoms with E-state index >= 15 is 0 Å². The molecule has 20 heavy (non-hydrogen) atoms. The maximum atomic E-state index is 11.9. The van der Waals surface area contributed by atoms with E-state index in [4.69, 9.17) is 9.88 Å². The van der Waals surface area contributed by atoms with E-state index < -0.39 is 15.9 Å². The van der Waals surface area contributed by atoms with Crippen LogP contribution in [0.1, 0.15) is 10.4 Å². The Morgan fingerprint density at radius 2 is 2.15 bits per heavy atom. The van der Waals surface area contributed by atoms with Crippen molar-refractivity contribution < 1.29 is 17.9 Å². The minimum Gasteiger partial charge on any atom is -0.497 e. The lowest BCUT2D eigenvalue weighted by molar-refractivity contribution is 0.102. The van der Waals surface area contributed by atoms with E-state index in [9.17, 15) is 13.2 Å². The van der Waals surface area contributed by atoms with Gasteiger partial charge in [0.1, 0.15) is 5.75 Å². The van der Waals surface area contributed by atoms with E-state index in [-0.39, 0.29) is 9.47 Å². The Balaban J connectivity index is 2.17. The third kappa shape index (κ3) is 3.29. The summed E-state index contributed by atoms with van der Waals surface area (Å²) in [7, 11) is -2.43. The average molecular weight is 314 g/mol. The molecule has 0 atom stereocenters. The Bertz CT molecular complexity index is 741. The highest BCUT2D eigenvalue weighted by molar-refractivity contribution is 7.91. The number of hydrogen-bond acceptors (Lipinski definition) is 7. The van der Waals surface area contributed by atoms with E-state index in [0.717, 1.165) is 0 Å². The predicted molar refractivity (Wildman–Crippen MR) is 72.2 cm³/mol. The fourth-order valence-corrected chi connectivity index (χ4v) is 2.64. The van der Waals surface area contributed by atoms with Crippen LogP contribution in [0, 0.1) is 0 Å². The van der Waals surface area contributed by atoms with E-state index in [1.165, 1.54) is 13.2 Å². The molecule has 3 N–H and O–H groups in total. The number of carbonyl (C=O) groups is 1. The van der Waals surface area contributed by atoms with Gasteiger partial charge in [0.25, 0.3) is 15.9 Å². The van der Waals surface area contributed by atoms with Crippen LogP contribution >= 0.6 is 11.3 Å². The molecule has 1 aromatic heterocycles. The van der Waals surface area contributed by atoms with Gasteiger partial charge in [-0.15, -0.1) is 10.2 Å². The first kappa shape index (κ1) is 14.4. The molecule has 0 bridgehead atoms. The van der Waals surface area contributed by atoms with Crippen LogP contribution in [0.2, 0.25) is 0 Å². The number of hydrogen-bond donors (Lipinski definition) is 2. The molecule has 8 nitrogen and oxygen atoms in total. The second-order valence-electron chi connectivity index (χ2n) is 3.60. The zero-order valence-electron chi connectivity index (χ0n) is 10.2. The predicted octanol–water partition coefficient (Wildman–Crippen LogP) is 0.446. The molecular weight excluding hydrogens is 304 g/mol. The number of primary sulfonamides is 1.